The van der Waals surface area contributed by atoms with Gasteiger partial charge in [-0.05, 0) is 12.1 Å². The normalized spacial score (nSPS) is 10.2. The van der Waals surface area contributed by atoms with Crippen LogP contribution in [0.25, 0.3) is 11.3 Å². The van der Waals surface area contributed by atoms with Gasteiger partial charge in [-0.25, -0.2) is 9.37 Å². The quantitative estimate of drug-likeness (QED) is 0.775. The molecule has 1 heterocycles. The molecule has 0 saturated carbocycles. The van der Waals surface area contributed by atoms with Gasteiger partial charge in [-0.15, -0.1) is 0 Å². The maximum absolute atomic E-state index is 13.3. The van der Waals surface area contributed by atoms with Crippen LogP contribution < -0.4 is 5.73 Å². The number of rotatable bonds is 2. The third kappa shape index (κ3) is 1.71. The van der Waals surface area contributed by atoms with Gasteiger partial charge in [-0.3, -0.25) is 4.79 Å². The summed E-state index contributed by atoms with van der Waals surface area (Å²) < 4.78 is 13.3. The third-order valence-electron chi connectivity index (χ3n) is 1.97. The van der Waals surface area contributed by atoms with E-state index in [9.17, 15) is 9.18 Å². The summed E-state index contributed by atoms with van der Waals surface area (Å²) in [5.41, 5.74) is 5.81. The Hall–Kier alpha value is -2.17. The van der Waals surface area contributed by atoms with Crippen LogP contribution in [-0.2, 0) is 0 Å². The minimum atomic E-state index is -0.669. The van der Waals surface area contributed by atoms with Crippen LogP contribution in [0.2, 0.25) is 0 Å². The highest BCUT2D eigenvalue weighted by atomic mass is 19.1. The number of nitrogens with one attached hydrogen (secondary N) is 1. The molecule has 0 aliphatic rings. The topological polar surface area (TPSA) is 71.8 Å². The Morgan fingerprint density at radius 1 is 1.40 bits per heavy atom. The number of hydrogen-bond donors (Lipinski definition) is 2. The Bertz CT molecular complexity index is 507. The SMILES string of the molecule is NC(=O)c1ncc(-c2ccccc2F)[nH]1. The molecule has 4 nitrogen and oxygen atoms in total. The molecule has 0 bridgehead atoms. The van der Waals surface area contributed by atoms with Crippen LogP contribution in [0, 0.1) is 5.82 Å². The number of aromatic amines is 1. The molecular weight excluding hydrogens is 197 g/mol. The van der Waals surface area contributed by atoms with Gasteiger partial charge in [0.25, 0.3) is 5.91 Å². The van der Waals surface area contributed by atoms with Crippen molar-refractivity contribution in [2.24, 2.45) is 5.73 Å². The highest BCUT2D eigenvalue weighted by Crippen LogP contribution is 2.19. The number of nitrogens with two attached hydrogens (primary N) is 1. The van der Waals surface area contributed by atoms with Crippen molar-refractivity contribution < 1.29 is 9.18 Å². The lowest BCUT2D eigenvalue weighted by Crippen LogP contribution is -2.12. The van der Waals surface area contributed by atoms with Crippen molar-refractivity contribution in [3.63, 3.8) is 0 Å². The van der Waals surface area contributed by atoms with Crippen LogP contribution >= 0.6 is 0 Å². The average molecular weight is 205 g/mol. The number of primary amides is 1. The molecule has 1 aromatic heterocycles. The lowest BCUT2D eigenvalue weighted by atomic mass is 10.1. The number of nitrogens with zero attached hydrogens (tertiary/aromatic N) is 1. The number of carbonyl (C=O) groups excluding carboxylic acids is 1. The van der Waals surface area contributed by atoms with E-state index in [1.165, 1.54) is 12.3 Å². The summed E-state index contributed by atoms with van der Waals surface area (Å²) in [5.74, 6) is -1.02. The number of carbonyl (C=O) groups is 1. The first kappa shape index (κ1) is 9.39. The molecule has 0 aliphatic carbocycles. The monoisotopic (exact) mass is 205 g/mol. The molecule has 2 rings (SSSR count). The van der Waals surface area contributed by atoms with Crippen molar-refractivity contribution in [1.82, 2.24) is 9.97 Å². The fourth-order valence-electron chi connectivity index (χ4n) is 1.26. The van der Waals surface area contributed by atoms with Gasteiger partial charge in [0.2, 0.25) is 0 Å². The number of halogens is 1. The molecule has 2 aromatic rings. The van der Waals surface area contributed by atoms with Gasteiger partial charge in [-0.1, -0.05) is 12.1 Å². The molecule has 15 heavy (non-hydrogen) atoms. The molecule has 0 saturated heterocycles. The molecule has 3 N–H and O–H groups in total. The van der Waals surface area contributed by atoms with E-state index >= 15 is 0 Å². The molecule has 0 fully saturated rings. The summed E-state index contributed by atoms with van der Waals surface area (Å²) in [5, 5.41) is 0. The molecule has 5 heteroatoms. The molecule has 1 amide bonds. The number of amides is 1. The molecule has 0 spiro atoms. The Morgan fingerprint density at radius 3 is 2.73 bits per heavy atom. The highest BCUT2D eigenvalue weighted by Gasteiger charge is 2.09. The van der Waals surface area contributed by atoms with Crippen LogP contribution in [0.15, 0.2) is 30.5 Å². The van der Waals surface area contributed by atoms with Crippen LogP contribution in [0.1, 0.15) is 10.6 Å². The molecule has 76 valence electrons. The van der Waals surface area contributed by atoms with Crippen molar-refractivity contribution in [2.45, 2.75) is 0 Å². The van der Waals surface area contributed by atoms with E-state index in [0.29, 0.717) is 11.3 Å². The smallest absolute Gasteiger partial charge is 0.284 e. The number of imidazole rings is 1. The van der Waals surface area contributed by atoms with Gasteiger partial charge in [-0.2, -0.15) is 0 Å². The predicted molar refractivity (Wildman–Crippen MR) is 52.5 cm³/mol. The molecule has 0 atom stereocenters. The average Bonchev–Trinajstić information content (AvgIpc) is 2.67. The third-order valence-corrected chi connectivity index (χ3v) is 1.97. The molecule has 1 aromatic carbocycles. The summed E-state index contributed by atoms with van der Waals surface area (Å²) in [6, 6.07) is 6.21. The van der Waals surface area contributed by atoms with Gasteiger partial charge in [0.05, 0.1) is 11.9 Å². The molecular formula is C10H8FN3O. The Morgan fingerprint density at radius 2 is 2.13 bits per heavy atom. The first-order valence-corrected chi connectivity index (χ1v) is 4.28. The van der Waals surface area contributed by atoms with Gasteiger partial charge < -0.3 is 10.7 Å². The minimum Gasteiger partial charge on any atom is -0.363 e. The standard InChI is InChI=1S/C10H8FN3O/c11-7-4-2-1-3-6(7)8-5-13-10(14-8)9(12)15/h1-5H,(H2,12,15)(H,13,14). The maximum Gasteiger partial charge on any atom is 0.284 e. The van der Waals surface area contributed by atoms with Gasteiger partial charge in [0.1, 0.15) is 5.82 Å². The largest absolute Gasteiger partial charge is 0.363 e. The Kier molecular flexibility index (Phi) is 2.21. The van der Waals surface area contributed by atoms with Crippen molar-refractivity contribution in [1.29, 1.82) is 0 Å². The van der Waals surface area contributed by atoms with Gasteiger partial charge in [0.15, 0.2) is 5.82 Å². The van der Waals surface area contributed by atoms with Crippen LogP contribution in [0.4, 0.5) is 4.39 Å². The molecule has 0 radical (unpaired) electrons. The molecule has 0 unspecified atom stereocenters. The second kappa shape index (κ2) is 3.53. The Labute approximate surface area is 84.9 Å². The van der Waals surface area contributed by atoms with Crippen molar-refractivity contribution in [2.75, 3.05) is 0 Å². The number of hydrogen-bond acceptors (Lipinski definition) is 2. The van der Waals surface area contributed by atoms with E-state index in [1.54, 1.807) is 18.2 Å². The zero-order chi connectivity index (χ0) is 10.8. The zero-order valence-electron chi connectivity index (χ0n) is 7.70. The maximum atomic E-state index is 13.3. The van der Waals surface area contributed by atoms with E-state index in [0.717, 1.165) is 0 Å². The van der Waals surface area contributed by atoms with Crippen molar-refractivity contribution in [3.8, 4) is 11.3 Å². The Balaban J connectivity index is 2.46. The van der Waals surface area contributed by atoms with Gasteiger partial charge in [0, 0.05) is 5.56 Å². The zero-order valence-corrected chi connectivity index (χ0v) is 7.70. The summed E-state index contributed by atoms with van der Waals surface area (Å²) in [7, 11) is 0. The molecule has 0 aliphatic heterocycles. The predicted octanol–water partition coefficient (Wildman–Crippen LogP) is 1.31. The highest BCUT2D eigenvalue weighted by molar-refractivity contribution is 5.89. The van der Waals surface area contributed by atoms with Crippen LogP contribution in [0.5, 0.6) is 0 Å². The fourth-order valence-corrected chi connectivity index (χ4v) is 1.26. The summed E-state index contributed by atoms with van der Waals surface area (Å²) in [6.07, 6.45) is 1.37. The fraction of sp³-hybridized carbons (Fsp3) is 0. The minimum absolute atomic E-state index is 0.0215. The second-order valence-corrected chi connectivity index (χ2v) is 2.99. The van der Waals surface area contributed by atoms with Crippen LogP contribution in [-0.4, -0.2) is 15.9 Å². The summed E-state index contributed by atoms with van der Waals surface area (Å²) >= 11 is 0. The summed E-state index contributed by atoms with van der Waals surface area (Å²) in [4.78, 5) is 17.1. The second-order valence-electron chi connectivity index (χ2n) is 2.99. The van der Waals surface area contributed by atoms with E-state index < -0.39 is 5.91 Å². The lowest BCUT2D eigenvalue weighted by Gasteiger charge is -1.97. The summed E-state index contributed by atoms with van der Waals surface area (Å²) in [6.45, 7) is 0. The van der Waals surface area contributed by atoms with E-state index in [2.05, 4.69) is 9.97 Å². The van der Waals surface area contributed by atoms with Crippen molar-refractivity contribution in [3.05, 3.63) is 42.1 Å². The van der Waals surface area contributed by atoms with E-state index in [4.69, 9.17) is 5.73 Å². The van der Waals surface area contributed by atoms with E-state index in [1.807, 2.05) is 0 Å². The number of aromatic nitrogens is 2. The first-order valence-electron chi connectivity index (χ1n) is 4.28. The van der Waals surface area contributed by atoms with Crippen LogP contribution in [0.3, 0.4) is 0 Å². The first-order chi connectivity index (χ1) is 7.18. The van der Waals surface area contributed by atoms with Crippen molar-refractivity contribution >= 4 is 5.91 Å². The van der Waals surface area contributed by atoms with E-state index in [-0.39, 0.29) is 11.6 Å². The van der Waals surface area contributed by atoms with Gasteiger partial charge >= 0.3 is 0 Å². The number of benzene rings is 1. The lowest BCUT2D eigenvalue weighted by molar-refractivity contribution is 0.0991. The number of H-pyrrole nitrogens is 1.